The van der Waals surface area contributed by atoms with E-state index in [1.807, 2.05) is 53.4 Å². The lowest BCUT2D eigenvalue weighted by Gasteiger charge is -2.36. The van der Waals surface area contributed by atoms with Crippen molar-refractivity contribution in [2.24, 2.45) is 0 Å². The number of benzene rings is 2. The van der Waals surface area contributed by atoms with Gasteiger partial charge in [0.2, 0.25) is 5.91 Å². The zero-order valence-corrected chi connectivity index (χ0v) is 18.9. The van der Waals surface area contributed by atoms with Crippen molar-refractivity contribution in [2.45, 2.75) is 19.3 Å². The highest BCUT2D eigenvalue weighted by Crippen LogP contribution is 2.29. The number of carbonyl (C=O) groups is 1. The number of anilines is 1. The third-order valence-corrected chi connectivity index (χ3v) is 6.23. The average Bonchev–Trinajstić information content (AvgIpc) is 2.80. The lowest BCUT2D eigenvalue weighted by atomic mass is 9.95. The number of piperazine rings is 1. The van der Waals surface area contributed by atoms with Crippen molar-refractivity contribution in [1.29, 1.82) is 0 Å². The first-order chi connectivity index (χ1) is 15.1. The first-order valence-electron chi connectivity index (χ1n) is 10.4. The van der Waals surface area contributed by atoms with E-state index in [-0.39, 0.29) is 11.8 Å². The fraction of sp³-hybridized carbons (Fsp3) is 0.292. The second-order valence-corrected chi connectivity index (χ2v) is 8.43. The largest absolute Gasteiger partial charge is 0.352 e. The van der Waals surface area contributed by atoms with Gasteiger partial charge in [-0.2, -0.15) is 0 Å². The Kier molecular flexibility index (Phi) is 6.73. The molecular formula is C24H24Cl2N4O. The zero-order valence-electron chi connectivity index (χ0n) is 17.3. The lowest BCUT2D eigenvalue weighted by Crippen LogP contribution is -2.50. The number of nitrogens with zero attached hydrogens (tertiary/aromatic N) is 4. The summed E-state index contributed by atoms with van der Waals surface area (Å²) >= 11 is 12.3. The van der Waals surface area contributed by atoms with Crippen LogP contribution in [-0.4, -0.2) is 47.2 Å². The third-order valence-electron chi connectivity index (χ3n) is 5.68. The zero-order chi connectivity index (χ0) is 21.8. The van der Waals surface area contributed by atoms with Crippen molar-refractivity contribution in [3.63, 3.8) is 0 Å². The number of halogens is 2. The predicted molar refractivity (Wildman–Crippen MR) is 126 cm³/mol. The molecule has 0 radical (unpaired) electrons. The summed E-state index contributed by atoms with van der Waals surface area (Å²) in [6.07, 6.45) is 0.795. The summed E-state index contributed by atoms with van der Waals surface area (Å²) in [4.78, 5) is 17.2. The first-order valence-corrected chi connectivity index (χ1v) is 11.2. The van der Waals surface area contributed by atoms with Crippen LogP contribution >= 0.6 is 23.2 Å². The van der Waals surface area contributed by atoms with Crippen molar-refractivity contribution in [3.8, 4) is 11.3 Å². The van der Waals surface area contributed by atoms with Gasteiger partial charge in [-0.15, -0.1) is 10.2 Å². The molecular weight excluding hydrogens is 431 g/mol. The number of hydrogen-bond donors (Lipinski definition) is 0. The van der Waals surface area contributed by atoms with Crippen LogP contribution in [0.5, 0.6) is 0 Å². The number of carbonyl (C=O) groups excluding carboxylic acids is 1. The Hall–Kier alpha value is -2.63. The number of amides is 1. The van der Waals surface area contributed by atoms with E-state index in [0.29, 0.717) is 28.8 Å². The van der Waals surface area contributed by atoms with E-state index >= 15 is 0 Å². The molecule has 7 heteroatoms. The Morgan fingerprint density at radius 3 is 2.32 bits per heavy atom. The molecule has 160 valence electrons. The molecule has 3 aromatic rings. The molecule has 0 bridgehead atoms. The van der Waals surface area contributed by atoms with Crippen molar-refractivity contribution in [2.75, 3.05) is 31.1 Å². The van der Waals surface area contributed by atoms with Gasteiger partial charge in [0, 0.05) is 36.8 Å². The molecule has 1 unspecified atom stereocenters. The molecule has 0 aliphatic carbocycles. The summed E-state index contributed by atoms with van der Waals surface area (Å²) in [6.45, 7) is 4.87. The molecule has 1 fully saturated rings. The summed E-state index contributed by atoms with van der Waals surface area (Å²) in [5, 5.41) is 9.88. The normalized spacial score (nSPS) is 15.1. The highest BCUT2D eigenvalue weighted by molar-refractivity contribution is 6.36. The van der Waals surface area contributed by atoms with Crippen molar-refractivity contribution in [3.05, 3.63) is 76.3 Å². The van der Waals surface area contributed by atoms with Crippen molar-refractivity contribution in [1.82, 2.24) is 15.1 Å². The summed E-state index contributed by atoms with van der Waals surface area (Å²) in [7, 11) is 0. The second-order valence-electron chi connectivity index (χ2n) is 7.58. The van der Waals surface area contributed by atoms with Gasteiger partial charge in [-0.3, -0.25) is 4.79 Å². The molecule has 1 aliphatic heterocycles. The maximum Gasteiger partial charge on any atom is 0.230 e. The first kappa shape index (κ1) is 21.6. The highest BCUT2D eigenvalue weighted by atomic mass is 35.5. The van der Waals surface area contributed by atoms with Gasteiger partial charge in [0.15, 0.2) is 5.82 Å². The van der Waals surface area contributed by atoms with Crippen LogP contribution in [0.2, 0.25) is 10.0 Å². The predicted octanol–water partition coefficient (Wildman–Crippen LogP) is 5.29. The highest BCUT2D eigenvalue weighted by Gasteiger charge is 2.28. The number of hydrogen-bond acceptors (Lipinski definition) is 4. The van der Waals surface area contributed by atoms with Crippen molar-refractivity contribution < 1.29 is 4.79 Å². The van der Waals surface area contributed by atoms with E-state index in [0.717, 1.165) is 36.5 Å². The second kappa shape index (κ2) is 9.67. The Morgan fingerprint density at radius 1 is 0.968 bits per heavy atom. The summed E-state index contributed by atoms with van der Waals surface area (Å²) in [5.74, 6) is 0.916. The Bertz CT molecular complexity index is 1040. The van der Waals surface area contributed by atoms with Gasteiger partial charge in [-0.05, 0) is 42.3 Å². The summed E-state index contributed by atoms with van der Waals surface area (Å²) in [5.41, 5.74) is 2.58. The maximum absolute atomic E-state index is 13.1. The molecule has 4 rings (SSSR count). The minimum Gasteiger partial charge on any atom is -0.352 e. The lowest BCUT2D eigenvalue weighted by molar-refractivity contribution is -0.133. The van der Waals surface area contributed by atoms with Gasteiger partial charge in [-0.1, -0.05) is 60.5 Å². The Balaban J connectivity index is 1.40. The van der Waals surface area contributed by atoms with Crippen LogP contribution in [0.1, 0.15) is 24.8 Å². The smallest absolute Gasteiger partial charge is 0.230 e. The molecule has 1 aromatic heterocycles. The van der Waals surface area contributed by atoms with Crippen LogP contribution in [0.4, 0.5) is 5.82 Å². The fourth-order valence-electron chi connectivity index (χ4n) is 3.95. The van der Waals surface area contributed by atoms with Gasteiger partial charge >= 0.3 is 0 Å². The van der Waals surface area contributed by atoms with E-state index in [1.54, 1.807) is 12.1 Å². The quantitative estimate of drug-likeness (QED) is 0.525. The number of aromatic nitrogens is 2. The van der Waals surface area contributed by atoms with Crippen LogP contribution in [0, 0.1) is 0 Å². The van der Waals surface area contributed by atoms with Crippen LogP contribution in [0.25, 0.3) is 11.3 Å². The molecule has 0 N–H and O–H groups in total. The van der Waals surface area contributed by atoms with E-state index in [9.17, 15) is 4.79 Å². The van der Waals surface area contributed by atoms with Gasteiger partial charge in [0.1, 0.15) is 0 Å². The Labute approximate surface area is 192 Å². The van der Waals surface area contributed by atoms with Crippen LogP contribution in [0.3, 0.4) is 0 Å². The molecule has 2 aromatic carbocycles. The Morgan fingerprint density at radius 2 is 1.71 bits per heavy atom. The van der Waals surface area contributed by atoms with E-state index in [2.05, 4.69) is 22.0 Å². The summed E-state index contributed by atoms with van der Waals surface area (Å²) < 4.78 is 0. The third kappa shape index (κ3) is 4.83. The van der Waals surface area contributed by atoms with Gasteiger partial charge in [0.25, 0.3) is 0 Å². The monoisotopic (exact) mass is 454 g/mol. The molecule has 2 heterocycles. The van der Waals surface area contributed by atoms with Gasteiger partial charge in [0.05, 0.1) is 16.6 Å². The van der Waals surface area contributed by atoms with E-state index < -0.39 is 0 Å². The van der Waals surface area contributed by atoms with Crippen LogP contribution in [0.15, 0.2) is 60.7 Å². The van der Waals surface area contributed by atoms with Crippen LogP contribution < -0.4 is 4.90 Å². The topological polar surface area (TPSA) is 49.3 Å². The minimum absolute atomic E-state index is 0.0871. The van der Waals surface area contributed by atoms with E-state index in [1.165, 1.54) is 0 Å². The number of rotatable bonds is 5. The maximum atomic E-state index is 13.1. The SMILES string of the molecule is CCC(C(=O)N1CCN(c2ccc(-c3ccc(Cl)cc3Cl)nn2)CC1)c1ccccc1. The standard InChI is InChI=1S/C24H24Cl2N4O/c1-2-19(17-6-4-3-5-7-17)24(31)30-14-12-29(13-15-30)23-11-10-22(27-28-23)20-9-8-18(25)16-21(20)26/h3-11,16,19H,2,12-15H2,1H3. The van der Waals surface area contributed by atoms with Gasteiger partial charge < -0.3 is 9.80 Å². The molecule has 1 saturated heterocycles. The molecule has 1 aliphatic rings. The molecule has 0 spiro atoms. The molecule has 1 amide bonds. The van der Waals surface area contributed by atoms with Crippen molar-refractivity contribution >= 4 is 34.9 Å². The van der Waals surface area contributed by atoms with Gasteiger partial charge in [-0.25, -0.2) is 0 Å². The molecule has 1 atom stereocenters. The molecule has 31 heavy (non-hydrogen) atoms. The van der Waals surface area contributed by atoms with Crippen LogP contribution in [-0.2, 0) is 4.79 Å². The summed E-state index contributed by atoms with van der Waals surface area (Å²) in [6, 6.07) is 19.2. The molecule has 0 saturated carbocycles. The average molecular weight is 455 g/mol. The molecule has 5 nitrogen and oxygen atoms in total. The fourth-order valence-corrected chi connectivity index (χ4v) is 4.45. The minimum atomic E-state index is -0.0871. The van der Waals surface area contributed by atoms with E-state index in [4.69, 9.17) is 23.2 Å².